The molecule has 0 radical (unpaired) electrons. The molecule has 0 aliphatic rings. The first-order chi connectivity index (χ1) is 8.27. The number of hydrogen-bond acceptors (Lipinski definition) is 1. The van der Waals surface area contributed by atoms with Crippen LogP contribution in [0, 0.1) is 5.92 Å². The maximum atomic E-state index is 12.2. The molecule has 1 aromatic carbocycles. The van der Waals surface area contributed by atoms with Gasteiger partial charge in [0.2, 0.25) is 0 Å². The van der Waals surface area contributed by atoms with Crippen LogP contribution in [0.2, 0.25) is 0 Å². The third-order valence-corrected chi connectivity index (χ3v) is 1.88. The van der Waals surface area contributed by atoms with E-state index in [-0.39, 0.29) is 6.61 Å². The number of halogens is 3. The molecule has 0 aromatic heterocycles. The van der Waals surface area contributed by atoms with E-state index in [2.05, 4.69) is 20.8 Å². The van der Waals surface area contributed by atoms with Crippen molar-refractivity contribution in [3.05, 3.63) is 35.4 Å². The molecule has 0 aliphatic carbocycles. The quantitative estimate of drug-likeness (QED) is 0.861. The van der Waals surface area contributed by atoms with E-state index < -0.39 is 11.7 Å². The van der Waals surface area contributed by atoms with Crippen molar-refractivity contribution < 1.29 is 18.3 Å². The molecule has 0 saturated heterocycles. The normalized spacial score (nSPS) is 11.1. The molecule has 0 unspecified atom stereocenters. The largest absolute Gasteiger partial charge is 0.416 e. The average Bonchev–Trinajstić information content (AvgIpc) is 2.25. The van der Waals surface area contributed by atoms with Crippen LogP contribution in [0.3, 0.4) is 0 Å². The van der Waals surface area contributed by atoms with Crippen molar-refractivity contribution in [1.29, 1.82) is 0 Å². The molecular formula is C14H21F3O. The summed E-state index contributed by atoms with van der Waals surface area (Å²) >= 11 is 0. The highest BCUT2D eigenvalue weighted by Gasteiger charge is 2.30. The van der Waals surface area contributed by atoms with Crippen LogP contribution >= 0.6 is 0 Å². The summed E-state index contributed by atoms with van der Waals surface area (Å²) < 4.78 is 36.7. The molecule has 0 bridgehead atoms. The van der Waals surface area contributed by atoms with Gasteiger partial charge >= 0.3 is 6.18 Å². The lowest BCUT2D eigenvalue weighted by Crippen LogP contribution is -2.05. The van der Waals surface area contributed by atoms with Gasteiger partial charge in [-0.3, -0.25) is 0 Å². The predicted octanol–water partition coefficient (Wildman–Crippen LogP) is 4.29. The van der Waals surface area contributed by atoms with Gasteiger partial charge < -0.3 is 5.11 Å². The van der Waals surface area contributed by atoms with Crippen molar-refractivity contribution in [2.45, 2.75) is 39.8 Å². The molecule has 1 rings (SSSR count). The maximum absolute atomic E-state index is 12.2. The summed E-state index contributed by atoms with van der Waals surface area (Å²) in [6, 6.07) is 5.18. The molecule has 1 N–H and O–H groups in total. The molecule has 0 amide bonds. The van der Waals surface area contributed by atoms with Gasteiger partial charge in [0, 0.05) is 6.61 Å². The van der Waals surface area contributed by atoms with Gasteiger partial charge in [-0.25, -0.2) is 0 Å². The summed E-state index contributed by atoms with van der Waals surface area (Å²) in [6.45, 7) is 6.50. The first kappa shape index (κ1) is 17.0. The molecule has 0 aliphatic heterocycles. The number of alkyl halides is 3. The lowest BCUT2D eigenvalue weighted by Gasteiger charge is -2.07. The van der Waals surface area contributed by atoms with Gasteiger partial charge in [0.15, 0.2) is 0 Å². The highest BCUT2D eigenvalue weighted by Crippen LogP contribution is 2.29. The highest BCUT2D eigenvalue weighted by atomic mass is 19.4. The third-order valence-electron chi connectivity index (χ3n) is 1.88. The predicted molar refractivity (Wildman–Crippen MR) is 67.4 cm³/mol. The molecule has 0 saturated carbocycles. The van der Waals surface area contributed by atoms with Crippen molar-refractivity contribution in [3.8, 4) is 0 Å². The first-order valence-corrected chi connectivity index (χ1v) is 6.04. The van der Waals surface area contributed by atoms with Gasteiger partial charge in [0.1, 0.15) is 0 Å². The standard InChI is InChI=1S/C10H11F3O.C4H10/c11-10(12,13)9-5-1-3-8(7-9)4-2-6-14;1-4(2)3/h1,3,5,7,14H,2,4,6H2;4H,1-3H3. The smallest absolute Gasteiger partial charge is 0.396 e. The Balaban J connectivity index is 0.000000631. The Bertz CT molecular complexity index is 329. The molecular weight excluding hydrogens is 241 g/mol. The number of hydrogen-bond donors (Lipinski definition) is 1. The zero-order chi connectivity index (χ0) is 14.2. The van der Waals surface area contributed by atoms with E-state index in [1.165, 1.54) is 6.07 Å². The second-order valence-corrected chi connectivity index (χ2v) is 4.76. The monoisotopic (exact) mass is 262 g/mol. The lowest BCUT2D eigenvalue weighted by atomic mass is 10.1. The van der Waals surface area contributed by atoms with Crippen LogP contribution in [0.25, 0.3) is 0 Å². The van der Waals surface area contributed by atoms with Crippen molar-refractivity contribution >= 4 is 0 Å². The Morgan fingerprint density at radius 2 is 1.72 bits per heavy atom. The van der Waals surface area contributed by atoms with Crippen LogP contribution in [0.5, 0.6) is 0 Å². The third kappa shape index (κ3) is 8.12. The zero-order valence-corrected chi connectivity index (χ0v) is 11.1. The molecule has 104 valence electrons. The van der Waals surface area contributed by atoms with Gasteiger partial charge in [-0.1, -0.05) is 39.0 Å². The molecule has 0 spiro atoms. The van der Waals surface area contributed by atoms with Crippen molar-refractivity contribution in [2.24, 2.45) is 5.92 Å². The summed E-state index contributed by atoms with van der Waals surface area (Å²) in [4.78, 5) is 0. The summed E-state index contributed by atoms with van der Waals surface area (Å²) in [7, 11) is 0. The lowest BCUT2D eigenvalue weighted by molar-refractivity contribution is -0.137. The second kappa shape index (κ2) is 8.14. The molecule has 0 atom stereocenters. The fraction of sp³-hybridized carbons (Fsp3) is 0.571. The van der Waals surface area contributed by atoms with Crippen LogP contribution in [0.15, 0.2) is 24.3 Å². The Labute approximate surface area is 107 Å². The summed E-state index contributed by atoms with van der Waals surface area (Å²) in [5, 5.41) is 8.53. The van der Waals surface area contributed by atoms with E-state index >= 15 is 0 Å². The van der Waals surface area contributed by atoms with Gasteiger partial charge in [-0.2, -0.15) is 13.2 Å². The molecule has 18 heavy (non-hydrogen) atoms. The van der Waals surface area contributed by atoms with Gasteiger partial charge in [0.05, 0.1) is 5.56 Å². The van der Waals surface area contributed by atoms with E-state index in [0.717, 1.165) is 18.1 Å². The maximum Gasteiger partial charge on any atom is 0.416 e. The highest BCUT2D eigenvalue weighted by molar-refractivity contribution is 5.25. The minimum absolute atomic E-state index is 0.00372. The van der Waals surface area contributed by atoms with E-state index in [9.17, 15) is 13.2 Å². The first-order valence-electron chi connectivity index (χ1n) is 6.04. The van der Waals surface area contributed by atoms with Crippen molar-refractivity contribution in [2.75, 3.05) is 6.61 Å². The minimum atomic E-state index is -4.28. The van der Waals surface area contributed by atoms with Crippen molar-refractivity contribution in [3.63, 3.8) is 0 Å². The fourth-order valence-electron chi connectivity index (χ4n) is 1.19. The minimum Gasteiger partial charge on any atom is -0.396 e. The molecule has 0 heterocycles. The topological polar surface area (TPSA) is 20.2 Å². The van der Waals surface area contributed by atoms with Crippen molar-refractivity contribution in [1.82, 2.24) is 0 Å². The summed E-state index contributed by atoms with van der Waals surface area (Å²) in [5.74, 6) is 0.833. The number of benzene rings is 1. The van der Waals surface area contributed by atoms with E-state index in [1.807, 2.05) is 0 Å². The van der Waals surface area contributed by atoms with Gasteiger partial charge in [0.25, 0.3) is 0 Å². The van der Waals surface area contributed by atoms with E-state index in [4.69, 9.17) is 5.11 Å². The number of aliphatic hydroxyl groups excluding tert-OH is 1. The Hall–Kier alpha value is -1.03. The number of rotatable bonds is 3. The fourth-order valence-corrected chi connectivity index (χ4v) is 1.19. The van der Waals surface area contributed by atoms with Crippen LogP contribution in [-0.4, -0.2) is 11.7 Å². The Kier molecular flexibility index (Phi) is 7.67. The second-order valence-electron chi connectivity index (χ2n) is 4.76. The molecule has 0 fully saturated rings. The number of aryl methyl sites for hydroxylation is 1. The zero-order valence-electron chi connectivity index (χ0n) is 11.1. The van der Waals surface area contributed by atoms with E-state index in [0.29, 0.717) is 18.4 Å². The van der Waals surface area contributed by atoms with Crippen LogP contribution < -0.4 is 0 Å². The summed E-state index contributed by atoms with van der Waals surface area (Å²) in [6.07, 6.45) is -3.32. The Morgan fingerprint density at radius 1 is 1.17 bits per heavy atom. The Morgan fingerprint density at radius 3 is 2.17 bits per heavy atom. The SMILES string of the molecule is CC(C)C.OCCCc1cccc(C(F)(F)F)c1. The molecule has 1 aromatic rings. The van der Waals surface area contributed by atoms with Crippen LogP contribution in [0.4, 0.5) is 13.2 Å². The van der Waals surface area contributed by atoms with E-state index in [1.54, 1.807) is 6.07 Å². The van der Waals surface area contributed by atoms with Crippen LogP contribution in [0.1, 0.15) is 38.3 Å². The molecule has 4 heteroatoms. The average molecular weight is 262 g/mol. The number of aliphatic hydroxyl groups is 1. The van der Waals surface area contributed by atoms with Gasteiger partial charge in [-0.15, -0.1) is 0 Å². The van der Waals surface area contributed by atoms with Gasteiger partial charge in [-0.05, 0) is 30.4 Å². The summed E-state index contributed by atoms with van der Waals surface area (Å²) in [5.41, 5.74) is -0.0261. The van der Waals surface area contributed by atoms with Crippen LogP contribution in [-0.2, 0) is 12.6 Å². The molecule has 1 nitrogen and oxygen atoms in total.